The van der Waals surface area contributed by atoms with E-state index in [0.717, 1.165) is 23.6 Å². The Labute approximate surface area is 224 Å². The molecule has 40 heavy (non-hydrogen) atoms. The van der Waals surface area contributed by atoms with Crippen LogP contribution in [0.3, 0.4) is 0 Å². The smallest absolute Gasteiger partial charge is 0.424 e. The van der Waals surface area contributed by atoms with Crippen LogP contribution in [0.25, 0.3) is 22.2 Å². The minimum absolute atomic E-state index is 0.0188. The van der Waals surface area contributed by atoms with Gasteiger partial charge in [0, 0.05) is 29.1 Å². The molecule has 2 aromatic carbocycles. The number of halogens is 4. The molecular weight excluding hydrogens is 534 g/mol. The summed E-state index contributed by atoms with van der Waals surface area (Å²) in [5.41, 5.74) is 0.0372. The second-order valence-corrected chi connectivity index (χ2v) is 9.81. The van der Waals surface area contributed by atoms with Crippen LogP contribution in [0.1, 0.15) is 28.5 Å². The first-order chi connectivity index (χ1) is 18.7. The summed E-state index contributed by atoms with van der Waals surface area (Å²) in [4.78, 5) is 29.3. The first-order valence-corrected chi connectivity index (χ1v) is 12.0. The number of amides is 2. The van der Waals surface area contributed by atoms with Crippen molar-refractivity contribution in [2.45, 2.75) is 24.1 Å². The number of pyridine rings is 1. The Kier molecular flexibility index (Phi) is 6.29. The SMILES string of the molecule is Cn1ncc2ccc(C(=O)NC[C@](O)(c3cc4c(c(-c5ccc(F)cc5)n3)OC[C@]4(C)C(N)=O)C(F)(F)F)cc21. The van der Waals surface area contributed by atoms with Gasteiger partial charge < -0.3 is 20.9 Å². The number of rotatable bonds is 6. The Balaban J connectivity index is 1.59. The summed E-state index contributed by atoms with van der Waals surface area (Å²) in [6, 6.07) is 10.1. The molecule has 208 valence electrons. The van der Waals surface area contributed by atoms with Crippen LogP contribution in [0.2, 0.25) is 0 Å². The van der Waals surface area contributed by atoms with Crippen LogP contribution in [-0.2, 0) is 22.9 Å². The third kappa shape index (κ3) is 4.31. The molecular formula is C27H23F4N5O4. The first-order valence-electron chi connectivity index (χ1n) is 12.0. The van der Waals surface area contributed by atoms with Crippen LogP contribution in [-0.4, -0.2) is 51.0 Å². The van der Waals surface area contributed by atoms with E-state index in [2.05, 4.69) is 15.4 Å². The van der Waals surface area contributed by atoms with E-state index in [1.165, 1.54) is 35.9 Å². The van der Waals surface area contributed by atoms with Crippen LogP contribution in [0.4, 0.5) is 17.6 Å². The number of primary amides is 1. The fraction of sp³-hybridized carbons (Fsp3) is 0.259. The van der Waals surface area contributed by atoms with Crippen molar-refractivity contribution in [2.24, 2.45) is 12.8 Å². The number of nitrogens with two attached hydrogens (primary N) is 1. The summed E-state index contributed by atoms with van der Waals surface area (Å²) >= 11 is 0. The van der Waals surface area contributed by atoms with Gasteiger partial charge in [-0.3, -0.25) is 14.3 Å². The van der Waals surface area contributed by atoms with E-state index < -0.39 is 47.1 Å². The zero-order chi connectivity index (χ0) is 29.0. The highest BCUT2D eigenvalue weighted by molar-refractivity contribution is 5.98. The molecule has 9 nitrogen and oxygen atoms in total. The minimum Gasteiger partial charge on any atom is -0.489 e. The summed E-state index contributed by atoms with van der Waals surface area (Å²) in [5.74, 6) is -2.37. The second kappa shape index (κ2) is 9.30. The molecule has 1 aliphatic heterocycles. The third-order valence-corrected chi connectivity index (χ3v) is 7.14. The van der Waals surface area contributed by atoms with Gasteiger partial charge in [0.25, 0.3) is 5.91 Å². The third-order valence-electron chi connectivity index (χ3n) is 7.14. The van der Waals surface area contributed by atoms with Crippen molar-refractivity contribution in [1.82, 2.24) is 20.1 Å². The molecule has 0 fully saturated rings. The van der Waals surface area contributed by atoms with Crippen LogP contribution in [0, 0.1) is 5.82 Å². The number of ether oxygens (including phenoxy) is 1. The minimum atomic E-state index is -5.32. The van der Waals surface area contributed by atoms with E-state index in [4.69, 9.17) is 10.5 Å². The Morgan fingerprint density at radius 1 is 1.18 bits per heavy atom. The molecule has 0 spiro atoms. The average Bonchev–Trinajstić information content (AvgIpc) is 3.46. The Morgan fingerprint density at radius 3 is 2.52 bits per heavy atom. The average molecular weight is 558 g/mol. The number of aromatic nitrogens is 3. The van der Waals surface area contributed by atoms with E-state index in [9.17, 15) is 32.3 Å². The lowest BCUT2D eigenvalue weighted by atomic mass is 9.81. The molecule has 4 aromatic rings. The standard InChI is InChI=1S/C27H23F4N5O4/c1-25(24(32)38)13-40-22-18(25)10-20(35-21(22)14-5-7-17(28)8-6-14)26(39,27(29,30)31)12-33-23(37)15-3-4-16-11-34-36(2)19(16)9-15/h3-11,39H,12-13H2,1-2H3,(H2,32,38)(H,33,37)/t25-,26-/m0/s1. The van der Waals surface area contributed by atoms with Crippen molar-refractivity contribution in [2.75, 3.05) is 13.2 Å². The van der Waals surface area contributed by atoms with Gasteiger partial charge in [-0.2, -0.15) is 18.3 Å². The molecule has 0 saturated heterocycles. The van der Waals surface area contributed by atoms with Crippen molar-refractivity contribution < 1.29 is 37.0 Å². The van der Waals surface area contributed by atoms with Gasteiger partial charge >= 0.3 is 6.18 Å². The molecule has 0 bridgehead atoms. The number of carbonyl (C=O) groups is 2. The fourth-order valence-corrected chi connectivity index (χ4v) is 4.53. The summed E-state index contributed by atoms with van der Waals surface area (Å²) in [6.07, 6.45) is -3.75. The van der Waals surface area contributed by atoms with Crippen LogP contribution in [0.5, 0.6) is 5.75 Å². The van der Waals surface area contributed by atoms with E-state index in [1.54, 1.807) is 19.3 Å². The number of benzene rings is 2. The van der Waals surface area contributed by atoms with Crippen LogP contribution < -0.4 is 15.8 Å². The Morgan fingerprint density at radius 2 is 1.88 bits per heavy atom. The van der Waals surface area contributed by atoms with Crippen LogP contribution in [0.15, 0.2) is 54.7 Å². The molecule has 0 unspecified atom stereocenters. The maximum Gasteiger partial charge on any atom is 0.424 e. The van der Waals surface area contributed by atoms with E-state index in [0.29, 0.717) is 5.52 Å². The quantitative estimate of drug-likeness (QED) is 0.312. The molecule has 3 heterocycles. The number of alkyl halides is 3. The van der Waals surface area contributed by atoms with Crippen molar-refractivity contribution in [3.63, 3.8) is 0 Å². The van der Waals surface area contributed by atoms with Crippen LogP contribution >= 0.6 is 0 Å². The number of carbonyl (C=O) groups excluding carboxylic acids is 2. The number of hydrogen-bond acceptors (Lipinski definition) is 6. The molecule has 0 aliphatic carbocycles. The van der Waals surface area contributed by atoms with Crippen molar-refractivity contribution >= 4 is 22.7 Å². The van der Waals surface area contributed by atoms with E-state index in [1.807, 2.05) is 0 Å². The van der Waals surface area contributed by atoms with E-state index >= 15 is 0 Å². The van der Waals surface area contributed by atoms with Gasteiger partial charge in [-0.25, -0.2) is 9.37 Å². The molecule has 2 atom stereocenters. The molecule has 4 N–H and O–H groups in total. The summed E-state index contributed by atoms with van der Waals surface area (Å²) in [5, 5.41) is 18.1. The van der Waals surface area contributed by atoms with Gasteiger partial charge in [-0.1, -0.05) is 6.07 Å². The number of aryl methyl sites for hydroxylation is 1. The largest absolute Gasteiger partial charge is 0.489 e. The number of aliphatic hydroxyl groups is 1. The van der Waals surface area contributed by atoms with E-state index in [-0.39, 0.29) is 34.7 Å². The monoisotopic (exact) mass is 557 g/mol. The number of fused-ring (bicyclic) bond motifs is 2. The second-order valence-electron chi connectivity index (χ2n) is 9.81. The van der Waals surface area contributed by atoms with Gasteiger partial charge in [0.2, 0.25) is 11.5 Å². The maximum atomic E-state index is 14.5. The summed E-state index contributed by atoms with van der Waals surface area (Å²) in [6.45, 7) is -0.196. The molecule has 1 aliphatic rings. The highest BCUT2D eigenvalue weighted by Crippen LogP contribution is 2.47. The van der Waals surface area contributed by atoms with Gasteiger partial charge in [0.1, 0.15) is 29.3 Å². The highest BCUT2D eigenvalue weighted by Gasteiger charge is 2.57. The molecule has 0 radical (unpaired) electrons. The van der Waals surface area contributed by atoms with Crippen molar-refractivity contribution in [1.29, 1.82) is 0 Å². The first kappa shape index (κ1) is 27.1. The van der Waals surface area contributed by atoms with Crippen molar-refractivity contribution in [3.05, 3.63) is 77.4 Å². The molecule has 2 amide bonds. The summed E-state index contributed by atoms with van der Waals surface area (Å²) in [7, 11) is 1.65. The Hall–Kier alpha value is -4.52. The van der Waals surface area contributed by atoms with Crippen molar-refractivity contribution in [3.8, 4) is 17.0 Å². The molecule has 0 saturated carbocycles. The predicted octanol–water partition coefficient (Wildman–Crippen LogP) is 3.09. The van der Waals surface area contributed by atoms with Gasteiger partial charge in [0.05, 0.1) is 24.0 Å². The van der Waals surface area contributed by atoms with Gasteiger partial charge in [-0.05, 0) is 49.4 Å². The molecule has 2 aromatic heterocycles. The predicted molar refractivity (Wildman–Crippen MR) is 135 cm³/mol. The number of nitrogens with one attached hydrogen (secondary N) is 1. The summed E-state index contributed by atoms with van der Waals surface area (Å²) < 4.78 is 64.3. The highest BCUT2D eigenvalue weighted by atomic mass is 19.4. The molecule has 5 rings (SSSR count). The topological polar surface area (TPSA) is 132 Å². The number of nitrogens with zero attached hydrogens (tertiary/aromatic N) is 3. The molecule has 13 heteroatoms. The maximum absolute atomic E-state index is 14.5. The fourth-order valence-electron chi connectivity index (χ4n) is 4.53. The zero-order valence-corrected chi connectivity index (χ0v) is 21.2. The Bertz CT molecular complexity index is 1650. The zero-order valence-electron chi connectivity index (χ0n) is 21.2. The normalized spacial score (nSPS) is 18.2. The lowest BCUT2D eigenvalue weighted by Gasteiger charge is -2.31. The number of hydrogen-bond donors (Lipinski definition) is 3. The van der Waals surface area contributed by atoms with Gasteiger partial charge in [-0.15, -0.1) is 0 Å². The van der Waals surface area contributed by atoms with Gasteiger partial charge in [0.15, 0.2) is 0 Å². The lowest BCUT2D eigenvalue weighted by Crippen LogP contribution is -2.51. The lowest BCUT2D eigenvalue weighted by molar-refractivity contribution is -0.265.